The first-order chi connectivity index (χ1) is 9.02. The van der Waals surface area contributed by atoms with Crippen LogP contribution in [0.15, 0.2) is 12.4 Å². The summed E-state index contributed by atoms with van der Waals surface area (Å²) in [5.41, 5.74) is 1.12. The normalized spacial score (nSPS) is 10.5. The molecule has 0 spiro atoms. The smallest absolute Gasteiger partial charge is 0.316 e. The van der Waals surface area contributed by atoms with Gasteiger partial charge in [0.05, 0.1) is 11.1 Å². The van der Waals surface area contributed by atoms with Crippen molar-refractivity contribution in [1.82, 2.24) is 19.7 Å². The summed E-state index contributed by atoms with van der Waals surface area (Å²) in [5.74, 6) is 0.379. The molecular weight excluding hydrogens is 248 g/mol. The van der Waals surface area contributed by atoms with Gasteiger partial charge in [0.25, 0.3) is 0 Å². The molecule has 0 fully saturated rings. The van der Waals surface area contributed by atoms with Gasteiger partial charge in [-0.3, -0.25) is 14.8 Å². The first kappa shape index (κ1) is 12.9. The van der Waals surface area contributed by atoms with Gasteiger partial charge in [-0.2, -0.15) is 5.10 Å². The molecule has 8 heteroatoms. The van der Waals surface area contributed by atoms with Gasteiger partial charge in [-0.15, -0.1) is 0 Å². The van der Waals surface area contributed by atoms with Gasteiger partial charge in [0.15, 0.2) is 5.69 Å². The molecule has 19 heavy (non-hydrogen) atoms. The van der Waals surface area contributed by atoms with Crippen molar-refractivity contribution < 1.29 is 4.92 Å². The van der Waals surface area contributed by atoms with Crippen molar-refractivity contribution in [2.24, 2.45) is 7.05 Å². The van der Waals surface area contributed by atoms with E-state index in [9.17, 15) is 10.1 Å². The Labute approximate surface area is 109 Å². The third kappa shape index (κ3) is 2.51. The molecule has 0 aliphatic heterocycles. The molecule has 0 aliphatic carbocycles. The van der Waals surface area contributed by atoms with Crippen LogP contribution in [0, 0.1) is 17.0 Å². The van der Waals surface area contributed by atoms with E-state index in [1.54, 1.807) is 31.0 Å². The largest absolute Gasteiger partial charge is 0.354 e. The van der Waals surface area contributed by atoms with Gasteiger partial charge in [-0.05, 0) is 13.8 Å². The minimum atomic E-state index is -0.465. The fraction of sp³-hybridized carbons (Fsp3) is 0.364. The number of hydrogen-bond donors (Lipinski definition) is 1. The van der Waals surface area contributed by atoms with Crippen LogP contribution in [-0.2, 0) is 7.05 Å². The Morgan fingerprint density at radius 1 is 1.47 bits per heavy atom. The zero-order valence-electron chi connectivity index (χ0n) is 10.9. The summed E-state index contributed by atoms with van der Waals surface area (Å²) >= 11 is 0. The Bertz CT molecular complexity index is 622. The maximum absolute atomic E-state index is 11.2. The number of nitrogens with one attached hydrogen (secondary N) is 1. The lowest BCUT2D eigenvalue weighted by Gasteiger charge is -2.06. The molecule has 2 heterocycles. The summed E-state index contributed by atoms with van der Waals surface area (Å²) in [6.45, 7) is 4.15. The van der Waals surface area contributed by atoms with Crippen molar-refractivity contribution in [3.63, 3.8) is 0 Å². The van der Waals surface area contributed by atoms with Crippen molar-refractivity contribution in [3.05, 3.63) is 28.2 Å². The Kier molecular flexibility index (Phi) is 3.41. The van der Waals surface area contributed by atoms with Crippen LogP contribution in [0.3, 0.4) is 0 Å². The molecule has 0 aliphatic rings. The fourth-order valence-corrected chi connectivity index (χ4v) is 1.77. The molecule has 8 nitrogen and oxygen atoms in total. The molecule has 2 aromatic heterocycles. The fourth-order valence-electron chi connectivity index (χ4n) is 1.77. The number of aromatic nitrogens is 4. The predicted molar refractivity (Wildman–Crippen MR) is 69.8 cm³/mol. The predicted octanol–water partition coefficient (Wildman–Crippen LogP) is 1.53. The molecular formula is C11H14N6O2. The SMILES string of the molecule is CCNc1nc(C)c([N+](=O)[O-])c(-c2cnn(C)c2)n1. The lowest BCUT2D eigenvalue weighted by Crippen LogP contribution is -2.07. The molecule has 0 atom stereocenters. The second-order valence-electron chi connectivity index (χ2n) is 4.02. The molecule has 0 radical (unpaired) electrons. The average Bonchev–Trinajstić information content (AvgIpc) is 2.75. The quantitative estimate of drug-likeness (QED) is 0.662. The van der Waals surface area contributed by atoms with Crippen LogP contribution in [-0.4, -0.2) is 31.2 Å². The van der Waals surface area contributed by atoms with Gasteiger partial charge in [-0.1, -0.05) is 0 Å². The van der Waals surface area contributed by atoms with Gasteiger partial charge < -0.3 is 5.32 Å². The number of anilines is 1. The van der Waals surface area contributed by atoms with Gasteiger partial charge >= 0.3 is 5.69 Å². The summed E-state index contributed by atoms with van der Waals surface area (Å²) in [6.07, 6.45) is 3.23. The van der Waals surface area contributed by atoms with E-state index in [0.717, 1.165) is 0 Å². The highest BCUT2D eigenvalue weighted by molar-refractivity contribution is 5.70. The molecule has 1 N–H and O–H groups in total. The summed E-state index contributed by atoms with van der Waals surface area (Å²) in [6, 6.07) is 0. The second-order valence-corrected chi connectivity index (χ2v) is 4.02. The topological polar surface area (TPSA) is 98.8 Å². The molecule has 0 amide bonds. The van der Waals surface area contributed by atoms with E-state index in [1.165, 1.54) is 0 Å². The molecule has 0 bridgehead atoms. The van der Waals surface area contributed by atoms with E-state index in [4.69, 9.17) is 0 Å². The van der Waals surface area contributed by atoms with Crippen LogP contribution >= 0.6 is 0 Å². The van der Waals surface area contributed by atoms with Crippen molar-refractivity contribution in [1.29, 1.82) is 0 Å². The monoisotopic (exact) mass is 262 g/mol. The van der Waals surface area contributed by atoms with E-state index >= 15 is 0 Å². The van der Waals surface area contributed by atoms with E-state index in [2.05, 4.69) is 20.4 Å². The van der Waals surface area contributed by atoms with Crippen molar-refractivity contribution in [2.75, 3.05) is 11.9 Å². The van der Waals surface area contributed by atoms with Crippen LogP contribution in [0.2, 0.25) is 0 Å². The molecule has 2 aromatic rings. The number of hydrogen-bond acceptors (Lipinski definition) is 6. The third-order valence-electron chi connectivity index (χ3n) is 2.55. The van der Waals surface area contributed by atoms with Crippen molar-refractivity contribution in [2.45, 2.75) is 13.8 Å². The second kappa shape index (κ2) is 5.01. The highest BCUT2D eigenvalue weighted by Gasteiger charge is 2.23. The zero-order chi connectivity index (χ0) is 14.0. The van der Waals surface area contributed by atoms with Crippen LogP contribution < -0.4 is 5.32 Å². The standard InChI is InChI=1S/C11H14N6O2/c1-4-12-11-14-7(2)10(17(18)19)9(15-11)8-5-13-16(3)6-8/h5-6H,4H2,1-3H3,(H,12,14,15). The van der Waals surface area contributed by atoms with E-state index in [0.29, 0.717) is 23.8 Å². The Morgan fingerprint density at radius 2 is 2.21 bits per heavy atom. The van der Waals surface area contributed by atoms with E-state index in [1.807, 2.05) is 6.92 Å². The maximum atomic E-state index is 11.2. The van der Waals surface area contributed by atoms with Crippen LogP contribution in [0.25, 0.3) is 11.3 Å². The Balaban J connectivity index is 2.64. The zero-order valence-corrected chi connectivity index (χ0v) is 10.9. The van der Waals surface area contributed by atoms with E-state index < -0.39 is 4.92 Å². The summed E-state index contributed by atoms with van der Waals surface area (Å²) < 4.78 is 1.57. The number of rotatable bonds is 4. The van der Waals surface area contributed by atoms with Crippen LogP contribution in [0.5, 0.6) is 0 Å². The molecule has 2 rings (SSSR count). The van der Waals surface area contributed by atoms with Crippen LogP contribution in [0.1, 0.15) is 12.6 Å². The number of nitrogens with zero attached hydrogens (tertiary/aromatic N) is 5. The molecule has 0 unspecified atom stereocenters. The molecule has 0 saturated carbocycles. The van der Waals surface area contributed by atoms with E-state index in [-0.39, 0.29) is 11.4 Å². The van der Waals surface area contributed by atoms with Crippen molar-refractivity contribution in [3.8, 4) is 11.3 Å². The van der Waals surface area contributed by atoms with Gasteiger partial charge in [0.2, 0.25) is 5.95 Å². The Hall–Kier alpha value is -2.51. The summed E-state index contributed by atoms with van der Waals surface area (Å²) in [4.78, 5) is 19.0. The molecule has 0 aromatic carbocycles. The van der Waals surface area contributed by atoms with Crippen LogP contribution in [0.4, 0.5) is 11.6 Å². The number of nitro groups is 1. The lowest BCUT2D eigenvalue weighted by atomic mass is 10.2. The van der Waals surface area contributed by atoms with Gasteiger partial charge in [0.1, 0.15) is 5.69 Å². The first-order valence-electron chi connectivity index (χ1n) is 5.78. The third-order valence-corrected chi connectivity index (χ3v) is 2.55. The Morgan fingerprint density at radius 3 is 2.74 bits per heavy atom. The first-order valence-corrected chi connectivity index (χ1v) is 5.78. The molecule has 0 saturated heterocycles. The summed E-state index contributed by atoms with van der Waals surface area (Å²) in [7, 11) is 1.74. The average molecular weight is 262 g/mol. The summed E-state index contributed by atoms with van der Waals surface area (Å²) in [5, 5.41) is 18.1. The highest BCUT2D eigenvalue weighted by Crippen LogP contribution is 2.30. The van der Waals surface area contributed by atoms with Crippen molar-refractivity contribution >= 4 is 11.6 Å². The maximum Gasteiger partial charge on any atom is 0.316 e. The van der Waals surface area contributed by atoms with Gasteiger partial charge in [-0.25, -0.2) is 9.97 Å². The molecule has 100 valence electrons. The number of aryl methyl sites for hydroxylation is 2. The van der Waals surface area contributed by atoms with Gasteiger partial charge in [0, 0.05) is 25.4 Å². The highest BCUT2D eigenvalue weighted by atomic mass is 16.6. The lowest BCUT2D eigenvalue weighted by molar-refractivity contribution is -0.385. The minimum Gasteiger partial charge on any atom is -0.354 e. The minimum absolute atomic E-state index is 0.0883.